The molecule has 0 amide bonds. The summed E-state index contributed by atoms with van der Waals surface area (Å²) in [5, 5.41) is 6.56. The van der Waals surface area contributed by atoms with Crippen LogP contribution in [0.3, 0.4) is 0 Å². The molecule has 6 heteroatoms. The molecule has 3 aromatic rings. The third-order valence-electron chi connectivity index (χ3n) is 4.88. The van der Waals surface area contributed by atoms with Crippen molar-refractivity contribution in [3.63, 3.8) is 0 Å². The number of nitrogens with zero attached hydrogens (tertiary/aromatic N) is 5. The smallest absolute Gasteiger partial charge is 0.115 e. The van der Waals surface area contributed by atoms with Crippen molar-refractivity contribution >= 4 is 22.5 Å². The van der Waals surface area contributed by atoms with E-state index in [4.69, 9.17) is 16.7 Å². The van der Waals surface area contributed by atoms with Gasteiger partial charge in [-0.25, -0.2) is 9.97 Å². The highest BCUT2D eigenvalue weighted by Crippen LogP contribution is 2.30. The molecule has 5 nitrogen and oxygen atoms in total. The van der Waals surface area contributed by atoms with E-state index in [1.807, 2.05) is 36.1 Å². The molecule has 1 aromatic carbocycles. The second kappa shape index (κ2) is 6.49. The number of piperidine rings is 1. The van der Waals surface area contributed by atoms with E-state index in [1.54, 1.807) is 6.33 Å². The minimum Gasteiger partial charge on any atom is -0.297 e. The number of hydrogen-bond donors (Lipinski definition) is 0. The maximum Gasteiger partial charge on any atom is 0.115 e. The van der Waals surface area contributed by atoms with Gasteiger partial charge in [-0.2, -0.15) is 5.10 Å². The molecule has 0 radical (unpaired) electrons. The van der Waals surface area contributed by atoms with Crippen molar-refractivity contribution in [2.24, 2.45) is 7.05 Å². The Bertz CT molecular complexity index is 837. The minimum atomic E-state index is 0.535. The predicted octanol–water partition coefficient (Wildman–Crippen LogP) is 3.40. The molecule has 2 aromatic heterocycles. The fraction of sp³-hybridized carbons (Fsp3) is 0.389. The van der Waals surface area contributed by atoms with Gasteiger partial charge in [0.25, 0.3) is 0 Å². The standard InChI is InChI=1S/C18H20ClN5/c1-23-17-4-2-3-14(19)18(17)16(22-23)11-24-9-6-13(7-10-24)15-5-8-20-12-21-15/h2-5,8,12-13H,6-7,9-11H2,1H3. The SMILES string of the molecule is Cn1nc(CN2CCC(c3ccncn3)CC2)c2c(Cl)cccc21. The summed E-state index contributed by atoms with van der Waals surface area (Å²) in [6.07, 6.45) is 5.71. The van der Waals surface area contributed by atoms with Crippen LogP contribution in [0, 0.1) is 0 Å². The summed E-state index contributed by atoms with van der Waals surface area (Å²) in [6, 6.07) is 8.02. The van der Waals surface area contributed by atoms with E-state index in [2.05, 4.69) is 20.9 Å². The second-order valence-corrected chi connectivity index (χ2v) is 6.80. The lowest BCUT2D eigenvalue weighted by atomic mass is 9.93. The van der Waals surface area contributed by atoms with Crippen LogP contribution in [-0.2, 0) is 13.6 Å². The lowest BCUT2D eigenvalue weighted by Crippen LogP contribution is -2.32. The molecule has 0 saturated carbocycles. The Hall–Kier alpha value is -1.98. The molecule has 0 unspecified atom stereocenters. The predicted molar refractivity (Wildman–Crippen MR) is 95.0 cm³/mol. The molecule has 0 spiro atoms. The van der Waals surface area contributed by atoms with Crippen molar-refractivity contribution in [1.82, 2.24) is 24.6 Å². The third-order valence-corrected chi connectivity index (χ3v) is 5.20. The lowest BCUT2D eigenvalue weighted by Gasteiger charge is -2.31. The zero-order valence-corrected chi connectivity index (χ0v) is 14.4. The highest BCUT2D eigenvalue weighted by Gasteiger charge is 2.23. The Balaban J connectivity index is 1.48. The highest BCUT2D eigenvalue weighted by atomic mass is 35.5. The number of fused-ring (bicyclic) bond motifs is 1. The molecule has 3 heterocycles. The first-order chi connectivity index (χ1) is 11.7. The number of aryl methyl sites for hydroxylation is 1. The zero-order valence-electron chi connectivity index (χ0n) is 13.7. The Labute approximate surface area is 146 Å². The summed E-state index contributed by atoms with van der Waals surface area (Å²) >= 11 is 6.41. The number of halogens is 1. The molecular formula is C18H20ClN5. The first-order valence-electron chi connectivity index (χ1n) is 8.31. The van der Waals surface area contributed by atoms with Gasteiger partial charge in [0.1, 0.15) is 6.33 Å². The molecule has 0 aliphatic carbocycles. The maximum atomic E-state index is 6.41. The van der Waals surface area contributed by atoms with Gasteiger partial charge in [0.05, 0.1) is 16.2 Å². The molecule has 0 bridgehead atoms. The first-order valence-corrected chi connectivity index (χ1v) is 8.68. The van der Waals surface area contributed by atoms with Gasteiger partial charge in [0.15, 0.2) is 0 Å². The largest absolute Gasteiger partial charge is 0.297 e. The number of rotatable bonds is 3. The van der Waals surface area contributed by atoms with Gasteiger partial charge in [-0.05, 0) is 44.1 Å². The summed E-state index contributed by atoms with van der Waals surface area (Å²) < 4.78 is 1.92. The lowest BCUT2D eigenvalue weighted by molar-refractivity contribution is 0.201. The maximum absolute atomic E-state index is 6.41. The Morgan fingerprint density at radius 2 is 2.04 bits per heavy atom. The fourth-order valence-electron chi connectivity index (χ4n) is 3.60. The number of benzene rings is 1. The van der Waals surface area contributed by atoms with Crippen molar-refractivity contribution in [1.29, 1.82) is 0 Å². The van der Waals surface area contributed by atoms with Gasteiger partial charge in [-0.3, -0.25) is 9.58 Å². The molecule has 1 saturated heterocycles. The highest BCUT2D eigenvalue weighted by molar-refractivity contribution is 6.35. The van der Waals surface area contributed by atoms with E-state index >= 15 is 0 Å². The molecule has 4 rings (SSSR count). The quantitative estimate of drug-likeness (QED) is 0.732. The monoisotopic (exact) mass is 341 g/mol. The molecule has 24 heavy (non-hydrogen) atoms. The van der Waals surface area contributed by atoms with Crippen molar-refractivity contribution in [3.8, 4) is 0 Å². The van der Waals surface area contributed by atoms with Gasteiger partial charge in [-0.1, -0.05) is 17.7 Å². The van der Waals surface area contributed by atoms with E-state index in [-0.39, 0.29) is 0 Å². The van der Waals surface area contributed by atoms with Crippen molar-refractivity contribution in [3.05, 3.63) is 53.2 Å². The van der Waals surface area contributed by atoms with Crippen LogP contribution in [-0.4, -0.2) is 37.7 Å². The Kier molecular flexibility index (Phi) is 4.21. The van der Waals surface area contributed by atoms with E-state index in [0.29, 0.717) is 5.92 Å². The molecule has 124 valence electrons. The van der Waals surface area contributed by atoms with Crippen LogP contribution in [0.2, 0.25) is 5.02 Å². The molecule has 0 atom stereocenters. The van der Waals surface area contributed by atoms with Crippen LogP contribution in [0.15, 0.2) is 36.8 Å². The van der Waals surface area contributed by atoms with E-state index in [1.165, 1.54) is 0 Å². The molecular weight excluding hydrogens is 322 g/mol. The van der Waals surface area contributed by atoms with Gasteiger partial charge < -0.3 is 0 Å². The van der Waals surface area contributed by atoms with Gasteiger partial charge in [0.2, 0.25) is 0 Å². The Morgan fingerprint density at radius 1 is 1.21 bits per heavy atom. The summed E-state index contributed by atoms with van der Waals surface area (Å²) in [4.78, 5) is 10.9. The summed E-state index contributed by atoms with van der Waals surface area (Å²) in [5.41, 5.74) is 3.32. The van der Waals surface area contributed by atoms with Crippen LogP contribution in [0.25, 0.3) is 10.9 Å². The van der Waals surface area contributed by atoms with Crippen molar-refractivity contribution < 1.29 is 0 Å². The van der Waals surface area contributed by atoms with E-state index < -0.39 is 0 Å². The number of aromatic nitrogens is 4. The van der Waals surface area contributed by atoms with E-state index in [9.17, 15) is 0 Å². The van der Waals surface area contributed by atoms with Crippen LogP contribution < -0.4 is 0 Å². The van der Waals surface area contributed by atoms with Gasteiger partial charge in [-0.15, -0.1) is 0 Å². The Morgan fingerprint density at radius 3 is 2.79 bits per heavy atom. The minimum absolute atomic E-state index is 0.535. The summed E-state index contributed by atoms with van der Waals surface area (Å²) in [7, 11) is 1.98. The molecule has 1 aliphatic heterocycles. The first kappa shape index (κ1) is 15.5. The third kappa shape index (κ3) is 2.89. The van der Waals surface area contributed by atoms with Gasteiger partial charge in [0, 0.05) is 36.8 Å². The van der Waals surface area contributed by atoms with Crippen LogP contribution in [0.1, 0.15) is 30.1 Å². The number of likely N-dealkylation sites (tertiary alicyclic amines) is 1. The molecule has 0 N–H and O–H groups in total. The normalized spacial score (nSPS) is 16.8. The molecule has 1 aliphatic rings. The average molecular weight is 342 g/mol. The second-order valence-electron chi connectivity index (χ2n) is 6.39. The van der Waals surface area contributed by atoms with Crippen LogP contribution in [0.5, 0.6) is 0 Å². The topological polar surface area (TPSA) is 46.8 Å². The number of hydrogen-bond acceptors (Lipinski definition) is 4. The summed E-state index contributed by atoms with van der Waals surface area (Å²) in [6.45, 7) is 2.95. The summed E-state index contributed by atoms with van der Waals surface area (Å²) in [5.74, 6) is 0.535. The fourth-order valence-corrected chi connectivity index (χ4v) is 3.88. The zero-order chi connectivity index (χ0) is 16.5. The van der Waals surface area contributed by atoms with Crippen LogP contribution >= 0.6 is 11.6 Å². The van der Waals surface area contributed by atoms with Crippen molar-refractivity contribution in [2.45, 2.75) is 25.3 Å². The average Bonchev–Trinajstić information content (AvgIpc) is 2.93. The van der Waals surface area contributed by atoms with Gasteiger partial charge >= 0.3 is 0 Å². The molecule has 1 fully saturated rings. The van der Waals surface area contributed by atoms with Crippen molar-refractivity contribution in [2.75, 3.05) is 13.1 Å². The van der Waals surface area contributed by atoms with Crippen LogP contribution in [0.4, 0.5) is 0 Å². The van der Waals surface area contributed by atoms with E-state index in [0.717, 1.165) is 59.8 Å².